The third kappa shape index (κ3) is 3.75. The van der Waals surface area contributed by atoms with E-state index >= 15 is 0 Å². The number of hydrogen-bond acceptors (Lipinski definition) is 6. The van der Waals surface area contributed by atoms with Crippen LogP contribution >= 0.6 is 0 Å². The molecule has 0 bridgehead atoms. The van der Waals surface area contributed by atoms with Crippen LogP contribution in [0, 0.1) is 13.8 Å². The maximum atomic E-state index is 12.8. The fraction of sp³-hybridized carbons (Fsp3) is 0.526. The van der Waals surface area contributed by atoms with Crippen molar-refractivity contribution in [3.63, 3.8) is 0 Å². The Bertz CT molecular complexity index is 927. The summed E-state index contributed by atoms with van der Waals surface area (Å²) >= 11 is 0. The second kappa shape index (κ2) is 8.05. The summed E-state index contributed by atoms with van der Waals surface area (Å²) in [6, 6.07) is 1.75. The minimum atomic E-state index is -1.02. The number of aromatic nitrogens is 3. The first-order valence-electron chi connectivity index (χ1n) is 9.35. The van der Waals surface area contributed by atoms with Gasteiger partial charge < -0.3 is 20.2 Å². The Morgan fingerprint density at radius 2 is 2.04 bits per heavy atom. The monoisotopic (exact) mass is 389 g/mol. The molecule has 2 aromatic heterocycles. The molecule has 0 aromatic carbocycles. The smallest absolute Gasteiger partial charge is 0.310 e. The van der Waals surface area contributed by atoms with E-state index in [0.29, 0.717) is 30.9 Å². The van der Waals surface area contributed by atoms with E-state index in [1.54, 1.807) is 19.2 Å². The van der Waals surface area contributed by atoms with Crippen molar-refractivity contribution in [1.82, 2.24) is 14.5 Å². The zero-order chi connectivity index (χ0) is 20.4. The van der Waals surface area contributed by atoms with Gasteiger partial charge in [0.25, 0.3) is 5.56 Å². The zero-order valence-corrected chi connectivity index (χ0v) is 16.7. The maximum Gasteiger partial charge on any atom is 0.310 e. The lowest BCUT2D eigenvalue weighted by molar-refractivity contribution is -0.138. The van der Waals surface area contributed by atoms with Crippen LogP contribution in [0.25, 0.3) is 0 Å². The second-order valence-corrected chi connectivity index (χ2v) is 7.09. The second-order valence-electron chi connectivity index (χ2n) is 7.09. The SMILES string of the molecule is Cc1ccn(NCc2c(C)nn(C)c2N2CCOCC2)c(=O)c1C(C)C(=O)O. The Labute approximate surface area is 163 Å². The molecule has 0 amide bonds. The number of aliphatic carboxylic acids is 1. The predicted molar refractivity (Wildman–Crippen MR) is 106 cm³/mol. The lowest BCUT2D eigenvalue weighted by Crippen LogP contribution is -2.38. The van der Waals surface area contributed by atoms with Crippen molar-refractivity contribution in [2.24, 2.45) is 7.05 Å². The molecule has 1 aliphatic rings. The van der Waals surface area contributed by atoms with Crippen LogP contribution in [0.3, 0.4) is 0 Å². The van der Waals surface area contributed by atoms with Crippen molar-refractivity contribution < 1.29 is 14.6 Å². The Morgan fingerprint density at radius 1 is 1.36 bits per heavy atom. The van der Waals surface area contributed by atoms with Crippen LogP contribution in [0.5, 0.6) is 0 Å². The van der Waals surface area contributed by atoms with Gasteiger partial charge in [-0.15, -0.1) is 0 Å². The molecule has 2 aromatic rings. The van der Waals surface area contributed by atoms with Crippen LogP contribution in [0.15, 0.2) is 17.1 Å². The molecular formula is C19H27N5O4. The number of nitrogens with one attached hydrogen (secondary N) is 1. The minimum absolute atomic E-state index is 0.291. The van der Waals surface area contributed by atoms with Crippen molar-refractivity contribution in [3.05, 3.63) is 45.0 Å². The summed E-state index contributed by atoms with van der Waals surface area (Å²) < 4.78 is 8.65. The van der Waals surface area contributed by atoms with E-state index in [9.17, 15) is 14.7 Å². The van der Waals surface area contributed by atoms with Gasteiger partial charge in [0.2, 0.25) is 0 Å². The zero-order valence-electron chi connectivity index (χ0n) is 16.7. The number of morpholine rings is 1. The quantitative estimate of drug-likeness (QED) is 0.759. The summed E-state index contributed by atoms with van der Waals surface area (Å²) in [5.74, 6) is -0.881. The summed E-state index contributed by atoms with van der Waals surface area (Å²) in [5, 5.41) is 13.8. The van der Waals surface area contributed by atoms with Gasteiger partial charge in [0.15, 0.2) is 0 Å². The third-order valence-corrected chi connectivity index (χ3v) is 5.20. The molecule has 1 aliphatic heterocycles. The maximum absolute atomic E-state index is 12.8. The standard InChI is InChI=1S/C19H27N5O4/c1-12-5-6-24(18(25)16(12)13(2)19(26)27)20-11-15-14(3)21-22(4)17(15)23-7-9-28-10-8-23/h5-6,13,20H,7-11H2,1-4H3,(H,26,27). The topological polar surface area (TPSA) is 102 Å². The van der Waals surface area contributed by atoms with Gasteiger partial charge in [-0.3, -0.25) is 14.3 Å². The van der Waals surface area contributed by atoms with Gasteiger partial charge in [-0.2, -0.15) is 5.10 Å². The van der Waals surface area contributed by atoms with Crippen molar-refractivity contribution in [1.29, 1.82) is 0 Å². The van der Waals surface area contributed by atoms with Gasteiger partial charge in [0.05, 0.1) is 31.4 Å². The lowest BCUT2D eigenvalue weighted by Gasteiger charge is -2.29. The molecule has 1 saturated heterocycles. The number of anilines is 1. The fourth-order valence-corrected chi connectivity index (χ4v) is 3.65. The number of pyridine rings is 1. The Kier molecular flexibility index (Phi) is 5.73. The van der Waals surface area contributed by atoms with Crippen molar-refractivity contribution in [2.45, 2.75) is 33.2 Å². The normalized spacial score (nSPS) is 15.5. The fourth-order valence-electron chi connectivity index (χ4n) is 3.65. The van der Waals surface area contributed by atoms with E-state index in [2.05, 4.69) is 15.4 Å². The van der Waals surface area contributed by atoms with Gasteiger partial charge in [0, 0.05) is 37.5 Å². The summed E-state index contributed by atoms with van der Waals surface area (Å²) in [6.07, 6.45) is 1.63. The van der Waals surface area contributed by atoms with Crippen LogP contribution in [-0.2, 0) is 23.1 Å². The van der Waals surface area contributed by atoms with E-state index in [0.717, 1.165) is 30.2 Å². The molecule has 1 fully saturated rings. The highest BCUT2D eigenvalue weighted by molar-refractivity contribution is 5.75. The van der Waals surface area contributed by atoms with Gasteiger partial charge in [-0.25, -0.2) is 4.68 Å². The van der Waals surface area contributed by atoms with Gasteiger partial charge in [0.1, 0.15) is 5.82 Å². The van der Waals surface area contributed by atoms with Crippen LogP contribution in [0.2, 0.25) is 0 Å². The molecule has 28 heavy (non-hydrogen) atoms. The Morgan fingerprint density at radius 3 is 2.68 bits per heavy atom. The number of aryl methyl sites for hydroxylation is 3. The van der Waals surface area contributed by atoms with Gasteiger partial charge in [-0.05, 0) is 32.4 Å². The molecule has 3 rings (SSSR count). The molecule has 0 radical (unpaired) electrons. The average molecular weight is 389 g/mol. The highest BCUT2D eigenvalue weighted by Gasteiger charge is 2.23. The van der Waals surface area contributed by atoms with Crippen LogP contribution in [0.1, 0.15) is 35.2 Å². The van der Waals surface area contributed by atoms with Gasteiger partial charge in [-0.1, -0.05) is 0 Å². The van der Waals surface area contributed by atoms with E-state index in [1.807, 2.05) is 18.7 Å². The Balaban J connectivity index is 1.88. The number of rotatable bonds is 6. The first-order chi connectivity index (χ1) is 13.3. The molecule has 2 N–H and O–H groups in total. The van der Waals surface area contributed by atoms with Crippen molar-refractivity contribution in [3.8, 4) is 0 Å². The van der Waals surface area contributed by atoms with E-state index in [-0.39, 0.29) is 5.56 Å². The first kappa shape index (κ1) is 19.9. The Hall–Kier alpha value is -2.81. The van der Waals surface area contributed by atoms with E-state index < -0.39 is 11.9 Å². The first-order valence-corrected chi connectivity index (χ1v) is 9.35. The molecule has 1 unspecified atom stereocenters. The number of ether oxygens (including phenoxy) is 1. The molecule has 0 saturated carbocycles. The van der Waals surface area contributed by atoms with Crippen molar-refractivity contribution >= 4 is 11.8 Å². The highest BCUT2D eigenvalue weighted by atomic mass is 16.5. The predicted octanol–water partition coefficient (Wildman–Crippen LogP) is 0.967. The summed E-state index contributed by atoms with van der Waals surface area (Å²) in [5.41, 5.74) is 5.63. The van der Waals surface area contributed by atoms with E-state index in [4.69, 9.17) is 4.74 Å². The molecular weight excluding hydrogens is 362 g/mol. The third-order valence-electron chi connectivity index (χ3n) is 5.20. The highest BCUT2D eigenvalue weighted by Crippen LogP contribution is 2.24. The number of hydrogen-bond donors (Lipinski definition) is 2. The largest absolute Gasteiger partial charge is 0.481 e. The average Bonchev–Trinajstić information content (AvgIpc) is 2.94. The lowest BCUT2D eigenvalue weighted by atomic mass is 9.99. The minimum Gasteiger partial charge on any atom is -0.481 e. The van der Waals surface area contributed by atoms with Crippen LogP contribution < -0.4 is 15.9 Å². The number of carboxylic acids is 1. The summed E-state index contributed by atoms with van der Waals surface area (Å²) in [6.45, 7) is 8.54. The van der Waals surface area contributed by atoms with Gasteiger partial charge >= 0.3 is 5.97 Å². The van der Waals surface area contributed by atoms with Crippen LogP contribution in [-0.4, -0.2) is 51.8 Å². The molecule has 0 aliphatic carbocycles. The summed E-state index contributed by atoms with van der Waals surface area (Å²) in [4.78, 5) is 26.4. The molecule has 152 valence electrons. The number of carbonyl (C=O) groups is 1. The molecule has 9 heteroatoms. The number of carboxylic acid groups (broad SMARTS) is 1. The molecule has 1 atom stereocenters. The van der Waals surface area contributed by atoms with Crippen LogP contribution in [0.4, 0.5) is 5.82 Å². The molecule has 3 heterocycles. The molecule has 9 nitrogen and oxygen atoms in total. The number of nitrogens with zero attached hydrogens (tertiary/aromatic N) is 4. The van der Waals surface area contributed by atoms with Crippen molar-refractivity contribution in [2.75, 3.05) is 36.6 Å². The molecule has 0 spiro atoms. The summed E-state index contributed by atoms with van der Waals surface area (Å²) in [7, 11) is 1.91. The van der Waals surface area contributed by atoms with E-state index in [1.165, 1.54) is 11.6 Å².